The Labute approximate surface area is 239 Å². The van der Waals surface area contributed by atoms with Crippen LogP contribution in [0.2, 0.25) is 0 Å². The lowest BCUT2D eigenvalue weighted by Crippen LogP contribution is -2.53. The van der Waals surface area contributed by atoms with E-state index in [0.717, 1.165) is 47.9 Å². The number of benzene rings is 2. The zero-order valence-electron chi connectivity index (χ0n) is 24.5. The molecular formula is C31H45N3O4S. The number of aryl methyl sites for hydroxylation is 3. The van der Waals surface area contributed by atoms with E-state index in [9.17, 15) is 14.4 Å². The molecule has 0 aliphatic rings. The van der Waals surface area contributed by atoms with Crippen molar-refractivity contribution in [1.29, 1.82) is 0 Å². The number of amides is 3. The molecule has 2 aromatic rings. The van der Waals surface area contributed by atoms with Crippen LogP contribution in [-0.2, 0) is 14.3 Å². The number of carbonyl (C=O) groups is 3. The van der Waals surface area contributed by atoms with Crippen molar-refractivity contribution in [3.63, 3.8) is 0 Å². The van der Waals surface area contributed by atoms with Crippen LogP contribution in [0.5, 0.6) is 0 Å². The summed E-state index contributed by atoms with van der Waals surface area (Å²) in [6.07, 6.45) is 3.02. The lowest BCUT2D eigenvalue weighted by molar-refractivity contribution is -0.140. The molecule has 214 valence electrons. The maximum Gasteiger partial charge on any atom is 0.408 e. The molecule has 0 heterocycles. The summed E-state index contributed by atoms with van der Waals surface area (Å²) >= 11 is 4.38. The minimum absolute atomic E-state index is 0.0580. The fourth-order valence-electron chi connectivity index (χ4n) is 4.33. The van der Waals surface area contributed by atoms with Crippen molar-refractivity contribution in [1.82, 2.24) is 10.2 Å². The quantitative estimate of drug-likeness (QED) is 0.205. The summed E-state index contributed by atoms with van der Waals surface area (Å²) in [5.41, 5.74) is 3.53. The number of anilines is 1. The molecule has 2 aromatic carbocycles. The molecule has 0 aromatic heterocycles. The van der Waals surface area contributed by atoms with Gasteiger partial charge >= 0.3 is 6.09 Å². The van der Waals surface area contributed by atoms with Gasteiger partial charge in [-0.25, -0.2) is 4.79 Å². The van der Waals surface area contributed by atoms with Crippen LogP contribution in [0, 0.1) is 20.8 Å². The molecule has 7 nitrogen and oxygen atoms in total. The van der Waals surface area contributed by atoms with Crippen LogP contribution in [0.1, 0.15) is 81.7 Å². The Hall–Kier alpha value is -3.00. The second-order valence-corrected chi connectivity index (χ2v) is 11.4. The average Bonchev–Trinajstić information content (AvgIpc) is 2.86. The van der Waals surface area contributed by atoms with Crippen molar-refractivity contribution in [3.05, 3.63) is 64.7 Å². The van der Waals surface area contributed by atoms with Gasteiger partial charge in [-0.2, -0.15) is 12.6 Å². The summed E-state index contributed by atoms with van der Waals surface area (Å²) in [5.74, 6) is -0.627. The Morgan fingerprint density at radius 3 is 2.28 bits per heavy atom. The normalized spacial score (nSPS) is 12.8. The maximum atomic E-state index is 14.1. The molecular weight excluding hydrogens is 510 g/mol. The SMILES string of the molecule is CCCCCCN(C(=O)C(CS)NC(=O)OC(C)(C)C)C(C(=O)Nc1ccccc1C)c1cc(C)ccc1C. The monoisotopic (exact) mass is 555 g/mol. The molecule has 39 heavy (non-hydrogen) atoms. The minimum atomic E-state index is -0.965. The van der Waals surface area contributed by atoms with Gasteiger partial charge in [-0.1, -0.05) is 68.1 Å². The minimum Gasteiger partial charge on any atom is -0.444 e. The molecule has 3 amide bonds. The third kappa shape index (κ3) is 9.92. The van der Waals surface area contributed by atoms with Gasteiger partial charge in [-0.05, 0) is 70.7 Å². The van der Waals surface area contributed by atoms with E-state index in [0.29, 0.717) is 12.2 Å². The molecule has 0 bridgehead atoms. The van der Waals surface area contributed by atoms with Gasteiger partial charge in [0.15, 0.2) is 0 Å². The smallest absolute Gasteiger partial charge is 0.408 e. The van der Waals surface area contributed by atoms with Crippen molar-refractivity contribution in [2.75, 3.05) is 17.6 Å². The van der Waals surface area contributed by atoms with Crippen molar-refractivity contribution < 1.29 is 19.1 Å². The lowest BCUT2D eigenvalue weighted by atomic mass is 9.95. The van der Waals surface area contributed by atoms with E-state index in [1.807, 2.05) is 63.2 Å². The lowest BCUT2D eigenvalue weighted by Gasteiger charge is -2.35. The molecule has 0 aliphatic heterocycles. The van der Waals surface area contributed by atoms with Gasteiger partial charge in [0.2, 0.25) is 5.91 Å². The largest absolute Gasteiger partial charge is 0.444 e. The van der Waals surface area contributed by atoms with Gasteiger partial charge in [-0.3, -0.25) is 9.59 Å². The molecule has 0 radical (unpaired) electrons. The predicted molar refractivity (Wildman–Crippen MR) is 161 cm³/mol. The molecule has 2 atom stereocenters. The Bertz CT molecular complexity index is 1130. The first kappa shape index (κ1) is 32.2. The standard InChI is InChI=1S/C31H45N3O4S/c1-8-9-10-13-18-34(29(36)26(20-39)33-30(37)38-31(5,6)7)27(24-19-21(2)16-17-22(24)3)28(35)32-25-15-12-11-14-23(25)4/h11-12,14-17,19,26-27,39H,8-10,13,18,20H2,1-7H3,(H,32,35)(H,33,37). The van der Waals surface area contributed by atoms with Gasteiger partial charge in [0.1, 0.15) is 17.7 Å². The fraction of sp³-hybridized carbons (Fsp3) is 0.516. The summed E-state index contributed by atoms with van der Waals surface area (Å²) in [5, 5.41) is 5.73. The van der Waals surface area contributed by atoms with Crippen LogP contribution >= 0.6 is 12.6 Å². The highest BCUT2D eigenvalue weighted by Gasteiger charge is 2.36. The second-order valence-electron chi connectivity index (χ2n) is 11.0. The van der Waals surface area contributed by atoms with Gasteiger partial charge in [0.05, 0.1) is 0 Å². The summed E-state index contributed by atoms with van der Waals surface area (Å²) in [4.78, 5) is 42.3. The van der Waals surface area contributed by atoms with E-state index >= 15 is 0 Å². The summed E-state index contributed by atoms with van der Waals surface area (Å²) < 4.78 is 5.40. The highest BCUT2D eigenvalue weighted by atomic mass is 32.1. The fourth-order valence-corrected chi connectivity index (χ4v) is 4.58. The Morgan fingerprint density at radius 2 is 1.67 bits per heavy atom. The molecule has 8 heteroatoms. The number of unbranched alkanes of at least 4 members (excludes halogenated alkanes) is 3. The zero-order valence-corrected chi connectivity index (χ0v) is 25.4. The number of hydrogen-bond acceptors (Lipinski definition) is 5. The number of alkyl carbamates (subject to hydrolysis) is 1. The Kier molecular flexibility index (Phi) is 12.4. The number of hydrogen-bond donors (Lipinski definition) is 3. The van der Waals surface area contributed by atoms with Crippen LogP contribution < -0.4 is 10.6 Å². The molecule has 0 spiro atoms. The van der Waals surface area contributed by atoms with Crippen LogP contribution in [0.25, 0.3) is 0 Å². The van der Waals surface area contributed by atoms with Gasteiger partial charge in [0.25, 0.3) is 5.91 Å². The Balaban J connectivity index is 2.54. The molecule has 0 saturated heterocycles. The Morgan fingerprint density at radius 1 is 0.974 bits per heavy atom. The van der Waals surface area contributed by atoms with E-state index in [4.69, 9.17) is 4.74 Å². The number of carbonyl (C=O) groups excluding carboxylic acids is 3. The van der Waals surface area contributed by atoms with Crippen molar-refractivity contribution >= 4 is 36.2 Å². The summed E-state index contributed by atoms with van der Waals surface area (Å²) in [6.45, 7) is 13.6. The van der Waals surface area contributed by atoms with E-state index < -0.39 is 23.8 Å². The third-order valence-corrected chi connectivity index (χ3v) is 6.76. The van der Waals surface area contributed by atoms with Crippen LogP contribution in [0.4, 0.5) is 10.5 Å². The van der Waals surface area contributed by atoms with Crippen LogP contribution in [0.15, 0.2) is 42.5 Å². The molecule has 0 saturated carbocycles. The molecule has 2 N–H and O–H groups in total. The molecule has 2 rings (SSSR count). The molecule has 2 unspecified atom stereocenters. The number of ether oxygens (including phenoxy) is 1. The summed E-state index contributed by atoms with van der Waals surface area (Å²) in [7, 11) is 0. The maximum absolute atomic E-state index is 14.1. The van der Waals surface area contributed by atoms with Crippen LogP contribution in [-0.4, -0.2) is 46.7 Å². The number of para-hydroxylation sites is 1. The van der Waals surface area contributed by atoms with E-state index in [2.05, 4.69) is 30.2 Å². The van der Waals surface area contributed by atoms with Gasteiger partial charge in [-0.15, -0.1) is 0 Å². The van der Waals surface area contributed by atoms with Crippen LogP contribution in [0.3, 0.4) is 0 Å². The first-order valence-electron chi connectivity index (χ1n) is 13.7. The third-order valence-electron chi connectivity index (χ3n) is 6.40. The highest BCUT2D eigenvalue weighted by Crippen LogP contribution is 2.29. The number of nitrogens with one attached hydrogen (secondary N) is 2. The average molecular weight is 556 g/mol. The first-order valence-corrected chi connectivity index (χ1v) is 14.4. The molecule has 0 fully saturated rings. The molecule has 0 aliphatic carbocycles. The number of rotatable bonds is 12. The number of thiol groups is 1. The van der Waals surface area contributed by atoms with Crippen molar-refractivity contribution in [2.24, 2.45) is 0 Å². The van der Waals surface area contributed by atoms with Crippen molar-refractivity contribution in [2.45, 2.75) is 91.8 Å². The van der Waals surface area contributed by atoms with Gasteiger partial charge < -0.3 is 20.3 Å². The summed E-state index contributed by atoms with van der Waals surface area (Å²) in [6, 6.07) is 11.6. The van der Waals surface area contributed by atoms with E-state index in [-0.39, 0.29) is 17.6 Å². The second kappa shape index (κ2) is 15.0. The van der Waals surface area contributed by atoms with Gasteiger partial charge in [0, 0.05) is 18.0 Å². The number of nitrogens with zero attached hydrogens (tertiary/aromatic N) is 1. The highest BCUT2D eigenvalue weighted by molar-refractivity contribution is 7.80. The zero-order chi connectivity index (χ0) is 29.2. The predicted octanol–water partition coefficient (Wildman–Crippen LogP) is 6.52. The first-order chi connectivity index (χ1) is 18.4. The van der Waals surface area contributed by atoms with E-state index in [1.165, 1.54) is 0 Å². The topological polar surface area (TPSA) is 87.7 Å². The van der Waals surface area contributed by atoms with E-state index in [1.54, 1.807) is 25.7 Å². The van der Waals surface area contributed by atoms with Crippen molar-refractivity contribution in [3.8, 4) is 0 Å².